The van der Waals surface area contributed by atoms with Crippen molar-refractivity contribution in [1.82, 2.24) is 0 Å². The van der Waals surface area contributed by atoms with Gasteiger partial charge in [0.15, 0.2) is 0 Å². The van der Waals surface area contributed by atoms with E-state index in [-0.39, 0.29) is 0 Å². The zero-order valence-electron chi connectivity index (χ0n) is 13.1. The van der Waals surface area contributed by atoms with Gasteiger partial charge >= 0.3 is 0 Å². The third kappa shape index (κ3) is 7.69. The van der Waals surface area contributed by atoms with E-state index in [2.05, 4.69) is 0 Å². The Bertz CT molecular complexity index is 709. The van der Waals surface area contributed by atoms with Crippen molar-refractivity contribution in [3.05, 3.63) is 76.8 Å². The first-order chi connectivity index (χ1) is 11.6. The van der Waals surface area contributed by atoms with Gasteiger partial charge in [0.05, 0.1) is 7.11 Å². The molecule has 0 amide bonds. The first-order valence-electron chi connectivity index (χ1n) is 7.06. The molecule has 0 aliphatic rings. The molecule has 2 aromatic rings. The van der Waals surface area contributed by atoms with Gasteiger partial charge in [0, 0.05) is 16.5 Å². The smallest absolute Gasteiger partial charge is 0.245 e. The van der Waals surface area contributed by atoms with Gasteiger partial charge in [-0.3, -0.25) is 4.79 Å². The lowest BCUT2D eigenvalue weighted by molar-refractivity contribution is -0.107. The van der Waals surface area contributed by atoms with Gasteiger partial charge in [0.2, 0.25) is 5.24 Å². The second-order valence-electron chi connectivity index (χ2n) is 4.46. The SMILES string of the molecule is COc1ccccc1C=CCCl.O=C(Cl)C=Cc1ccccc1Cl. The number of carbonyl (C=O) groups is 1. The van der Waals surface area contributed by atoms with Crippen LogP contribution in [0.1, 0.15) is 11.1 Å². The summed E-state index contributed by atoms with van der Waals surface area (Å²) in [6.07, 6.45) is 6.69. The molecule has 0 saturated carbocycles. The van der Waals surface area contributed by atoms with E-state index in [1.54, 1.807) is 25.3 Å². The van der Waals surface area contributed by atoms with E-state index < -0.39 is 5.24 Å². The molecule has 0 N–H and O–H groups in total. The van der Waals surface area contributed by atoms with Gasteiger partial charge in [-0.1, -0.05) is 60.2 Å². The molecular formula is C19H17Cl3O2. The van der Waals surface area contributed by atoms with E-state index in [0.29, 0.717) is 10.9 Å². The third-order valence-corrected chi connectivity index (χ3v) is 3.47. The Morgan fingerprint density at radius 2 is 1.67 bits per heavy atom. The Morgan fingerprint density at radius 3 is 2.25 bits per heavy atom. The number of halogens is 3. The molecule has 0 bridgehead atoms. The first kappa shape index (κ1) is 20.3. The van der Waals surface area contributed by atoms with Gasteiger partial charge in [0.1, 0.15) is 5.75 Å². The summed E-state index contributed by atoms with van der Waals surface area (Å²) in [5.74, 6) is 1.40. The highest BCUT2D eigenvalue weighted by atomic mass is 35.5. The number of allylic oxidation sites excluding steroid dienone is 2. The number of methoxy groups -OCH3 is 1. The summed E-state index contributed by atoms with van der Waals surface area (Å²) in [4.78, 5) is 10.4. The molecule has 5 heteroatoms. The number of hydrogen-bond acceptors (Lipinski definition) is 2. The minimum absolute atomic E-state index is 0.505. The fourth-order valence-electron chi connectivity index (χ4n) is 1.74. The summed E-state index contributed by atoms with van der Waals surface area (Å²) in [6, 6.07) is 15.0. The Hall–Kier alpha value is -1.74. The number of para-hydroxylation sites is 1. The molecule has 2 aromatic carbocycles. The van der Waals surface area contributed by atoms with Crippen molar-refractivity contribution in [1.29, 1.82) is 0 Å². The van der Waals surface area contributed by atoms with E-state index in [1.807, 2.05) is 48.6 Å². The molecule has 0 spiro atoms. The lowest BCUT2D eigenvalue weighted by atomic mass is 10.2. The van der Waals surface area contributed by atoms with Crippen molar-refractivity contribution in [3.63, 3.8) is 0 Å². The molecule has 0 saturated heterocycles. The fourth-order valence-corrected chi connectivity index (χ4v) is 2.09. The van der Waals surface area contributed by atoms with Gasteiger partial charge in [-0.05, 0) is 41.4 Å². The van der Waals surface area contributed by atoms with Gasteiger partial charge in [-0.2, -0.15) is 0 Å². The number of benzene rings is 2. The number of alkyl halides is 1. The van der Waals surface area contributed by atoms with Crippen LogP contribution in [0.5, 0.6) is 5.75 Å². The van der Waals surface area contributed by atoms with Crippen molar-refractivity contribution in [2.24, 2.45) is 0 Å². The largest absolute Gasteiger partial charge is 0.496 e. The van der Waals surface area contributed by atoms with E-state index in [4.69, 9.17) is 39.5 Å². The Labute approximate surface area is 157 Å². The highest BCUT2D eigenvalue weighted by Gasteiger charge is 1.95. The Kier molecular flexibility index (Phi) is 9.94. The monoisotopic (exact) mass is 382 g/mol. The number of ether oxygens (including phenoxy) is 1. The second kappa shape index (κ2) is 11.7. The van der Waals surface area contributed by atoms with Gasteiger partial charge in [0.25, 0.3) is 0 Å². The predicted molar refractivity (Wildman–Crippen MR) is 104 cm³/mol. The van der Waals surface area contributed by atoms with Crippen LogP contribution >= 0.6 is 34.8 Å². The molecule has 0 aromatic heterocycles. The van der Waals surface area contributed by atoms with Crippen LogP contribution in [0.2, 0.25) is 5.02 Å². The third-order valence-electron chi connectivity index (χ3n) is 2.82. The molecule has 0 atom stereocenters. The van der Waals surface area contributed by atoms with Crippen LogP contribution in [0, 0.1) is 0 Å². The van der Waals surface area contributed by atoms with Crippen molar-refractivity contribution in [2.45, 2.75) is 0 Å². The van der Waals surface area contributed by atoms with Crippen molar-refractivity contribution in [3.8, 4) is 5.75 Å². The average molecular weight is 384 g/mol. The van der Waals surface area contributed by atoms with Crippen LogP contribution in [0.3, 0.4) is 0 Å². The highest BCUT2D eigenvalue weighted by molar-refractivity contribution is 6.66. The van der Waals surface area contributed by atoms with Crippen LogP contribution in [0.4, 0.5) is 0 Å². The van der Waals surface area contributed by atoms with Crippen LogP contribution in [0.25, 0.3) is 12.2 Å². The molecule has 0 heterocycles. The van der Waals surface area contributed by atoms with Crippen LogP contribution < -0.4 is 4.74 Å². The van der Waals surface area contributed by atoms with Gasteiger partial charge in [-0.25, -0.2) is 0 Å². The summed E-state index contributed by atoms with van der Waals surface area (Å²) in [6.45, 7) is 0. The molecule has 2 rings (SSSR count). The summed E-state index contributed by atoms with van der Waals surface area (Å²) < 4.78 is 5.15. The summed E-state index contributed by atoms with van der Waals surface area (Å²) in [5.41, 5.74) is 1.84. The minimum atomic E-state index is -0.505. The highest BCUT2D eigenvalue weighted by Crippen LogP contribution is 2.18. The van der Waals surface area contributed by atoms with Crippen LogP contribution in [-0.4, -0.2) is 18.2 Å². The second-order valence-corrected chi connectivity index (χ2v) is 5.55. The van der Waals surface area contributed by atoms with E-state index in [0.717, 1.165) is 16.9 Å². The Balaban J connectivity index is 0.000000240. The molecule has 0 aliphatic carbocycles. The lowest BCUT2D eigenvalue weighted by Crippen LogP contribution is -1.85. The van der Waals surface area contributed by atoms with Gasteiger partial charge in [-0.15, -0.1) is 11.6 Å². The molecular weight excluding hydrogens is 367 g/mol. The van der Waals surface area contributed by atoms with E-state index in [1.165, 1.54) is 6.08 Å². The molecule has 0 fully saturated rings. The molecule has 0 unspecified atom stereocenters. The topological polar surface area (TPSA) is 26.3 Å². The average Bonchev–Trinajstić information content (AvgIpc) is 2.60. The number of rotatable bonds is 5. The molecule has 0 aliphatic heterocycles. The van der Waals surface area contributed by atoms with Crippen LogP contribution in [0.15, 0.2) is 60.7 Å². The maximum Gasteiger partial charge on any atom is 0.245 e. The first-order valence-corrected chi connectivity index (χ1v) is 8.35. The van der Waals surface area contributed by atoms with Crippen LogP contribution in [-0.2, 0) is 4.79 Å². The standard InChI is InChI=1S/C10H11ClO.C9H6Cl2O/c1-12-10-7-3-2-5-9(10)6-4-8-11;10-8-4-2-1-3-7(8)5-6-9(11)12/h2-7H,8H2,1H3;1-6H. The number of hydrogen-bond donors (Lipinski definition) is 0. The Morgan fingerprint density at radius 1 is 1.04 bits per heavy atom. The number of carbonyl (C=O) groups excluding carboxylic acids is 1. The molecule has 24 heavy (non-hydrogen) atoms. The lowest BCUT2D eigenvalue weighted by Gasteiger charge is -2.02. The maximum atomic E-state index is 10.4. The summed E-state index contributed by atoms with van der Waals surface area (Å²) >= 11 is 16.4. The molecule has 2 nitrogen and oxygen atoms in total. The zero-order chi connectivity index (χ0) is 17.8. The zero-order valence-corrected chi connectivity index (χ0v) is 15.4. The van der Waals surface area contributed by atoms with Gasteiger partial charge < -0.3 is 4.74 Å². The normalized spacial score (nSPS) is 10.5. The minimum Gasteiger partial charge on any atom is -0.496 e. The van der Waals surface area contributed by atoms with E-state index >= 15 is 0 Å². The van der Waals surface area contributed by atoms with Crippen molar-refractivity contribution >= 4 is 52.2 Å². The summed E-state index contributed by atoms with van der Waals surface area (Å²) in [7, 11) is 1.66. The molecule has 126 valence electrons. The van der Waals surface area contributed by atoms with E-state index in [9.17, 15) is 4.79 Å². The summed E-state index contributed by atoms with van der Waals surface area (Å²) in [5, 5.41) is 0.0987. The predicted octanol–water partition coefficient (Wildman–Crippen LogP) is 6.07. The maximum absolute atomic E-state index is 10.4. The fraction of sp³-hybridized carbons (Fsp3) is 0.105. The van der Waals surface area contributed by atoms with Crippen molar-refractivity contribution in [2.75, 3.05) is 13.0 Å². The van der Waals surface area contributed by atoms with Crippen molar-refractivity contribution < 1.29 is 9.53 Å². The molecule has 0 radical (unpaired) electrons. The quantitative estimate of drug-likeness (QED) is 0.356.